The van der Waals surface area contributed by atoms with E-state index in [1.807, 2.05) is 6.92 Å². The highest BCUT2D eigenvalue weighted by atomic mass is 32.2. The van der Waals surface area contributed by atoms with Gasteiger partial charge in [-0.25, -0.2) is 9.07 Å². The maximum Gasteiger partial charge on any atom is 0.233 e. The lowest BCUT2D eigenvalue weighted by Crippen LogP contribution is -2.31. The van der Waals surface area contributed by atoms with E-state index in [1.165, 1.54) is 23.9 Å². The normalized spacial score (nSPS) is 15.4. The summed E-state index contributed by atoms with van der Waals surface area (Å²) in [5.74, 6) is -0.0238. The van der Waals surface area contributed by atoms with Crippen molar-refractivity contribution >= 4 is 17.7 Å². The molecule has 1 fully saturated rings. The number of nitrogens with zero attached hydrogens (tertiary/aromatic N) is 5. The van der Waals surface area contributed by atoms with Crippen LogP contribution in [-0.4, -0.2) is 43.8 Å². The monoisotopic (exact) mass is 335 g/mol. The van der Waals surface area contributed by atoms with Gasteiger partial charge in [-0.15, -0.1) is 5.10 Å². The number of carbonyl (C=O) groups is 1. The Labute approximate surface area is 138 Å². The Morgan fingerprint density at radius 1 is 1.43 bits per heavy atom. The number of amides is 1. The van der Waals surface area contributed by atoms with Gasteiger partial charge in [-0.3, -0.25) is 4.79 Å². The van der Waals surface area contributed by atoms with Crippen molar-refractivity contribution in [1.29, 1.82) is 0 Å². The van der Waals surface area contributed by atoms with Gasteiger partial charge in [0.15, 0.2) is 0 Å². The van der Waals surface area contributed by atoms with Gasteiger partial charge in [0, 0.05) is 7.05 Å². The Bertz CT molecular complexity index is 685. The molecule has 0 spiro atoms. The number of aromatic nitrogens is 4. The van der Waals surface area contributed by atoms with E-state index in [1.54, 1.807) is 28.8 Å². The molecule has 0 bridgehead atoms. The first-order chi connectivity index (χ1) is 11.1. The lowest BCUT2D eigenvalue weighted by Gasteiger charge is -2.25. The van der Waals surface area contributed by atoms with E-state index in [-0.39, 0.29) is 23.5 Å². The SMILES string of the molecule is CC(c1ccc(F)cc1)N(C)C(=O)CSc1nnnn1C1CC1. The Morgan fingerprint density at radius 3 is 2.78 bits per heavy atom. The number of thioether (sulfide) groups is 1. The molecule has 1 heterocycles. The van der Waals surface area contributed by atoms with E-state index in [9.17, 15) is 9.18 Å². The van der Waals surface area contributed by atoms with Crippen LogP contribution < -0.4 is 0 Å². The van der Waals surface area contributed by atoms with E-state index in [4.69, 9.17) is 0 Å². The van der Waals surface area contributed by atoms with Gasteiger partial charge in [0.1, 0.15) is 5.82 Å². The number of hydrogen-bond donors (Lipinski definition) is 0. The van der Waals surface area contributed by atoms with Crippen LogP contribution in [0.2, 0.25) is 0 Å². The summed E-state index contributed by atoms with van der Waals surface area (Å²) in [6.07, 6.45) is 2.18. The average molecular weight is 335 g/mol. The van der Waals surface area contributed by atoms with Gasteiger partial charge in [0.25, 0.3) is 0 Å². The van der Waals surface area contributed by atoms with Gasteiger partial charge in [-0.2, -0.15) is 0 Å². The molecular weight excluding hydrogens is 317 g/mol. The predicted octanol–water partition coefficient (Wildman–Crippen LogP) is 2.46. The number of hydrogen-bond acceptors (Lipinski definition) is 5. The average Bonchev–Trinajstić information content (AvgIpc) is 3.30. The van der Waals surface area contributed by atoms with Gasteiger partial charge >= 0.3 is 0 Å². The third kappa shape index (κ3) is 3.69. The minimum atomic E-state index is -0.280. The van der Waals surface area contributed by atoms with Crippen molar-refractivity contribution in [2.45, 2.75) is 37.0 Å². The Balaban J connectivity index is 1.58. The van der Waals surface area contributed by atoms with E-state index in [2.05, 4.69) is 15.5 Å². The van der Waals surface area contributed by atoms with Crippen molar-refractivity contribution in [3.63, 3.8) is 0 Å². The molecule has 0 N–H and O–H groups in total. The number of benzene rings is 1. The van der Waals surface area contributed by atoms with Crippen LogP contribution >= 0.6 is 11.8 Å². The Morgan fingerprint density at radius 2 is 2.13 bits per heavy atom. The molecule has 1 aliphatic carbocycles. The van der Waals surface area contributed by atoms with Crippen LogP contribution in [0.25, 0.3) is 0 Å². The molecular formula is C15H18FN5OS. The van der Waals surface area contributed by atoms with Crippen molar-refractivity contribution in [3.05, 3.63) is 35.6 Å². The molecule has 1 aromatic carbocycles. The number of carbonyl (C=O) groups excluding carboxylic acids is 1. The number of halogens is 1. The number of rotatable bonds is 6. The standard InChI is InChI=1S/C15H18FN5OS/c1-10(11-3-5-12(16)6-4-11)20(2)14(22)9-23-15-17-18-19-21(15)13-7-8-13/h3-6,10,13H,7-9H2,1-2H3. The maximum absolute atomic E-state index is 13.0. The molecule has 122 valence electrons. The van der Waals surface area contributed by atoms with E-state index in [0.29, 0.717) is 11.2 Å². The second kappa shape index (κ2) is 6.66. The minimum absolute atomic E-state index is 0.0165. The molecule has 1 atom stereocenters. The van der Waals surface area contributed by atoms with Crippen LogP contribution in [0.15, 0.2) is 29.4 Å². The molecule has 1 unspecified atom stereocenters. The molecule has 1 aliphatic rings. The topological polar surface area (TPSA) is 63.9 Å². The molecule has 2 aromatic rings. The molecule has 0 radical (unpaired) electrons. The van der Waals surface area contributed by atoms with Gasteiger partial charge < -0.3 is 4.90 Å². The molecule has 0 saturated heterocycles. The molecule has 0 aliphatic heterocycles. The minimum Gasteiger partial charge on any atom is -0.338 e. The Kier molecular flexibility index (Phi) is 4.61. The first kappa shape index (κ1) is 15.9. The second-order valence-corrected chi connectivity index (χ2v) is 6.60. The van der Waals surface area contributed by atoms with Gasteiger partial charge in [-0.05, 0) is 47.9 Å². The maximum atomic E-state index is 13.0. The largest absolute Gasteiger partial charge is 0.338 e. The lowest BCUT2D eigenvalue weighted by molar-refractivity contribution is -0.128. The molecule has 1 saturated carbocycles. The van der Waals surface area contributed by atoms with E-state index >= 15 is 0 Å². The molecule has 1 aromatic heterocycles. The smallest absolute Gasteiger partial charge is 0.233 e. The highest BCUT2D eigenvalue weighted by Crippen LogP contribution is 2.36. The predicted molar refractivity (Wildman–Crippen MR) is 84.4 cm³/mol. The fourth-order valence-electron chi connectivity index (χ4n) is 2.24. The van der Waals surface area contributed by atoms with Gasteiger partial charge in [0.2, 0.25) is 11.1 Å². The van der Waals surface area contributed by atoms with Crippen molar-refractivity contribution in [2.24, 2.45) is 0 Å². The second-order valence-electron chi connectivity index (χ2n) is 5.66. The molecule has 3 rings (SSSR count). The molecule has 1 amide bonds. The van der Waals surface area contributed by atoms with Gasteiger partial charge in [0.05, 0.1) is 17.8 Å². The number of tetrazole rings is 1. The summed E-state index contributed by atoms with van der Waals surface area (Å²) in [4.78, 5) is 14.0. The summed E-state index contributed by atoms with van der Waals surface area (Å²) in [6, 6.07) is 6.47. The van der Waals surface area contributed by atoms with Crippen LogP contribution in [0.1, 0.15) is 37.4 Å². The first-order valence-corrected chi connectivity index (χ1v) is 8.46. The highest BCUT2D eigenvalue weighted by molar-refractivity contribution is 7.99. The van der Waals surface area contributed by atoms with Crippen molar-refractivity contribution in [1.82, 2.24) is 25.1 Å². The van der Waals surface area contributed by atoms with Crippen LogP contribution in [-0.2, 0) is 4.79 Å². The van der Waals surface area contributed by atoms with E-state index < -0.39 is 0 Å². The van der Waals surface area contributed by atoms with Crippen molar-refractivity contribution in [3.8, 4) is 0 Å². The molecule has 23 heavy (non-hydrogen) atoms. The summed E-state index contributed by atoms with van der Waals surface area (Å²) in [5.41, 5.74) is 0.898. The summed E-state index contributed by atoms with van der Waals surface area (Å²) < 4.78 is 14.8. The zero-order chi connectivity index (χ0) is 16.4. The summed E-state index contributed by atoms with van der Waals surface area (Å²) >= 11 is 1.35. The zero-order valence-corrected chi connectivity index (χ0v) is 13.8. The van der Waals surface area contributed by atoms with Crippen LogP contribution in [0.3, 0.4) is 0 Å². The highest BCUT2D eigenvalue weighted by Gasteiger charge is 2.28. The quantitative estimate of drug-likeness (QED) is 0.759. The first-order valence-electron chi connectivity index (χ1n) is 7.48. The fourth-order valence-corrected chi connectivity index (χ4v) is 3.11. The zero-order valence-electron chi connectivity index (χ0n) is 13.0. The fraction of sp³-hybridized carbons (Fsp3) is 0.467. The van der Waals surface area contributed by atoms with Crippen molar-refractivity contribution < 1.29 is 9.18 Å². The van der Waals surface area contributed by atoms with Crippen LogP contribution in [0.5, 0.6) is 0 Å². The van der Waals surface area contributed by atoms with Gasteiger partial charge in [-0.1, -0.05) is 23.9 Å². The van der Waals surface area contributed by atoms with Crippen LogP contribution in [0, 0.1) is 5.82 Å². The summed E-state index contributed by atoms with van der Waals surface area (Å²) in [5, 5.41) is 12.3. The summed E-state index contributed by atoms with van der Waals surface area (Å²) in [7, 11) is 1.75. The van der Waals surface area contributed by atoms with Crippen molar-refractivity contribution in [2.75, 3.05) is 12.8 Å². The third-order valence-electron chi connectivity index (χ3n) is 4.01. The molecule has 6 nitrogen and oxygen atoms in total. The summed E-state index contributed by atoms with van der Waals surface area (Å²) in [6.45, 7) is 1.92. The van der Waals surface area contributed by atoms with E-state index in [0.717, 1.165) is 18.4 Å². The third-order valence-corrected chi connectivity index (χ3v) is 4.93. The molecule has 8 heteroatoms. The lowest BCUT2D eigenvalue weighted by atomic mass is 10.1. The Hall–Kier alpha value is -1.96. The van der Waals surface area contributed by atoms with Crippen LogP contribution in [0.4, 0.5) is 4.39 Å².